The van der Waals surface area contributed by atoms with Crippen molar-refractivity contribution in [2.24, 2.45) is 0 Å². The molecule has 24 heavy (non-hydrogen) atoms. The van der Waals surface area contributed by atoms with E-state index in [0.29, 0.717) is 41.9 Å². The van der Waals surface area contributed by atoms with Gasteiger partial charge >= 0.3 is 0 Å². The number of hydrogen-bond donors (Lipinski definition) is 0. The first-order valence-electron chi connectivity index (χ1n) is 7.88. The second-order valence-electron chi connectivity index (χ2n) is 6.12. The lowest BCUT2D eigenvalue weighted by atomic mass is 9.98. The molecular formula is C17H21N3O4. The molecule has 1 aromatic carbocycles. The maximum Gasteiger partial charge on any atom is 0.254 e. The predicted octanol–water partition coefficient (Wildman–Crippen LogP) is 2.45. The van der Waals surface area contributed by atoms with Gasteiger partial charge in [-0.25, -0.2) is 0 Å². The van der Waals surface area contributed by atoms with E-state index in [4.69, 9.17) is 14.0 Å². The molecule has 1 amide bonds. The first-order valence-corrected chi connectivity index (χ1v) is 7.88. The van der Waals surface area contributed by atoms with Crippen LogP contribution in [0.3, 0.4) is 0 Å². The summed E-state index contributed by atoms with van der Waals surface area (Å²) in [6.07, 6.45) is 0. The van der Waals surface area contributed by atoms with E-state index >= 15 is 0 Å². The van der Waals surface area contributed by atoms with Crippen LogP contribution in [0.1, 0.15) is 47.8 Å². The summed E-state index contributed by atoms with van der Waals surface area (Å²) < 4.78 is 15.7. The maximum absolute atomic E-state index is 12.5. The van der Waals surface area contributed by atoms with Gasteiger partial charge in [0.05, 0.1) is 20.1 Å². The van der Waals surface area contributed by atoms with Crippen molar-refractivity contribution < 1.29 is 18.8 Å². The third-order valence-corrected chi connectivity index (χ3v) is 4.12. The van der Waals surface area contributed by atoms with E-state index in [1.54, 1.807) is 37.3 Å². The second-order valence-corrected chi connectivity index (χ2v) is 6.12. The number of carbonyl (C=O) groups is 1. The summed E-state index contributed by atoms with van der Waals surface area (Å²) in [5, 5.41) is 3.97. The van der Waals surface area contributed by atoms with Gasteiger partial charge in [0.15, 0.2) is 17.3 Å². The fourth-order valence-electron chi connectivity index (χ4n) is 2.60. The molecule has 0 saturated carbocycles. The Balaban J connectivity index is 1.66. The van der Waals surface area contributed by atoms with Crippen molar-refractivity contribution in [3.8, 4) is 11.5 Å². The summed E-state index contributed by atoms with van der Waals surface area (Å²) in [6, 6.07) is 5.16. The Bertz CT molecular complexity index is 735. The van der Waals surface area contributed by atoms with Crippen LogP contribution in [0.25, 0.3) is 0 Å². The third-order valence-electron chi connectivity index (χ3n) is 4.12. The molecule has 0 unspecified atom stereocenters. The van der Waals surface area contributed by atoms with Crippen LogP contribution in [-0.2, 0) is 0 Å². The lowest BCUT2D eigenvalue weighted by molar-refractivity contribution is 0.0569. The summed E-state index contributed by atoms with van der Waals surface area (Å²) in [4.78, 5) is 18.7. The van der Waals surface area contributed by atoms with Crippen molar-refractivity contribution >= 4 is 5.91 Å². The van der Waals surface area contributed by atoms with E-state index in [-0.39, 0.29) is 17.7 Å². The Hall–Kier alpha value is -2.57. The van der Waals surface area contributed by atoms with E-state index in [1.807, 2.05) is 13.8 Å². The Morgan fingerprint density at radius 2 is 1.96 bits per heavy atom. The zero-order valence-electron chi connectivity index (χ0n) is 14.3. The Labute approximate surface area is 140 Å². The fourth-order valence-corrected chi connectivity index (χ4v) is 2.60. The molecule has 0 atom stereocenters. The first-order chi connectivity index (χ1) is 11.5. The maximum atomic E-state index is 12.5. The van der Waals surface area contributed by atoms with Gasteiger partial charge in [-0.05, 0) is 18.2 Å². The van der Waals surface area contributed by atoms with Crippen molar-refractivity contribution in [2.45, 2.75) is 25.7 Å². The highest BCUT2D eigenvalue weighted by Gasteiger charge is 2.36. The Kier molecular flexibility index (Phi) is 4.42. The highest BCUT2D eigenvalue weighted by atomic mass is 16.5. The van der Waals surface area contributed by atoms with E-state index in [9.17, 15) is 4.79 Å². The van der Waals surface area contributed by atoms with Crippen molar-refractivity contribution in [1.29, 1.82) is 0 Å². The Morgan fingerprint density at radius 3 is 2.54 bits per heavy atom. The Morgan fingerprint density at radius 1 is 1.25 bits per heavy atom. The molecule has 0 aliphatic carbocycles. The van der Waals surface area contributed by atoms with Crippen LogP contribution < -0.4 is 9.47 Å². The lowest BCUT2D eigenvalue weighted by Gasteiger charge is -2.37. The molecule has 0 radical (unpaired) electrons. The van der Waals surface area contributed by atoms with Gasteiger partial charge in [0.25, 0.3) is 5.91 Å². The number of nitrogens with zero attached hydrogens (tertiary/aromatic N) is 3. The van der Waals surface area contributed by atoms with Crippen LogP contribution in [0.15, 0.2) is 22.7 Å². The normalized spacial score (nSPS) is 14.6. The topological polar surface area (TPSA) is 77.7 Å². The van der Waals surface area contributed by atoms with Gasteiger partial charge in [0.1, 0.15) is 0 Å². The number of ether oxygens (including phenoxy) is 2. The molecule has 1 aliphatic heterocycles. The van der Waals surface area contributed by atoms with Crippen molar-refractivity contribution in [3.63, 3.8) is 0 Å². The highest BCUT2D eigenvalue weighted by Crippen LogP contribution is 2.31. The van der Waals surface area contributed by atoms with Crippen LogP contribution in [0, 0.1) is 0 Å². The quantitative estimate of drug-likeness (QED) is 0.837. The van der Waals surface area contributed by atoms with E-state index in [1.165, 1.54) is 0 Å². The molecule has 0 bridgehead atoms. The van der Waals surface area contributed by atoms with E-state index in [2.05, 4.69) is 10.1 Å². The zero-order chi connectivity index (χ0) is 17.3. The summed E-state index contributed by atoms with van der Waals surface area (Å²) in [7, 11) is 3.11. The van der Waals surface area contributed by atoms with E-state index in [0.717, 1.165) is 0 Å². The molecule has 2 aromatic rings. The van der Waals surface area contributed by atoms with Crippen LogP contribution in [-0.4, -0.2) is 48.3 Å². The standard InChI is InChI=1S/C17H21N3O4/c1-10(2)15-18-16(24-19-15)12-8-20(9-12)17(21)11-5-6-13(22-3)14(7-11)23-4/h5-7,10,12H,8-9H2,1-4H3. The number of aromatic nitrogens is 2. The zero-order valence-corrected chi connectivity index (χ0v) is 14.3. The SMILES string of the molecule is COc1ccc(C(=O)N2CC(c3nc(C(C)C)no3)C2)cc1OC. The van der Waals surface area contributed by atoms with Gasteiger partial charge in [0, 0.05) is 24.6 Å². The number of carbonyl (C=O) groups excluding carboxylic acids is 1. The van der Waals surface area contributed by atoms with Gasteiger partial charge in [-0.1, -0.05) is 19.0 Å². The summed E-state index contributed by atoms with van der Waals surface area (Å²) in [5.74, 6) is 2.74. The minimum absolute atomic E-state index is 0.0456. The molecule has 128 valence electrons. The number of hydrogen-bond acceptors (Lipinski definition) is 6. The van der Waals surface area contributed by atoms with Crippen LogP contribution in [0.2, 0.25) is 0 Å². The number of amides is 1. The second kappa shape index (κ2) is 6.51. The molecule has 0 spiro atoms. The smallest absolute Gasteiger partial charge is 0.254 e. The van der Waals surface area contributed by atoms with Crippen LogP contribution >= 0.6 is 0 Å². The van der Waals surface area contributed by atoms with E-state index < -0.39 is 0 Å². The summed E-state index contributed by atoms with van der Waals surface area (Å²) >= 11 is 0. The van der Waals surface area contributed by atoms with Crippen molar-refractivity contribution in [3.05, 3.63) is 35.5 Å². The number of benzene rings is 1. The summed E-state index contributed by atoms with van der Waals surface area (Å²) in [5.41, 5.74) is 0.569. The molecule has 7 heteroatoms. The van der Waals surface area contributed by atoms with Gasteiger partial charge < -0.3 is 18.9 Å². The average molecular weight is 331 g/mol. The van der Waals surface area contributed by atoms with Crippen molar-refractivity contribution in [1.82, 2.24) is 15.0 Å². The van der Waals surface area contributed by atoms with Gasteiger partial charge in [-0.15, -0.1) is 0 Å². The van der Waals surface area contributed by atoms with Crippen LogP contribution in [0.4, 0.5) is 0 Å². The number of rotatable bonds is 5. The number of methoxy groups -OCH3 is 2. The molecule has 1 fully saturated rings. The molecule has 2 heterocycles. The van der Waals surface area contributed by atoms with Gasteiger partial charge in [-0.2, -0.15) is 4.98 Å². The monoisotopic (exact) mass is 331 g/mol. The molecule has 1 aliphatic rings. The minimum Gasteiger partial charge on any atom is -0.493 e. The lowest BCUT2D eigenvalue weighted by Crippen LogP contribution is -2.48. The third kappa shape index (κ3) is 2.93. The molecular weight excluding hydrogens is 310 g/mol. The molecule has 1 aromatic heterocycles. The largest absolute Gasteiger partial charge is 0.493 e. The van der Waals surface area contributed by atoms with Crippen molar-refractivity contribution in [2.75, 3.05) is 27.3 Å². The van der Waals surface area contributed by atoms with Crippen LogP contribution in [0.5, 0.6) is 11.5 Å². The molecule has 3 rings (SSSR count). The highest BCUT2D eigenvalue weighted by molar-refractivity contribution is 5.95. The number of likely N-dealkylation sites (tertiary alicyclic amines) is 1. The fraction of sp³-hybridized carbons (Fsp3) is 0.471. The molecule has 0 N–H and O–H groups in total. The average Bonchev–Trinajstić information content (AvgIpc) is 3.02. The minimum atomic E-state index is -0.0456. The molecule has 7 nitrogen and oxygen atoms in total. The van der Waals surface area contributed by atoms with Gasteiger partial charge in [0.2, 0.25) is 5.89 Å². The van der Waals surface area contributed by atoms with Gasteiger partial charge in [-0.3, -0.25) is 4.79 Å². The first kappa shape index (κ1) is 16.3. The predicted molar refractivity (Wildman–Crippen MR) is 86.6 cm³/mol. The summed E-state index contributed by atoms with van der Waals surface area (Å²) in [6.45, 7) is 5.18. The molecule has 1 saturated heterocycles.